The Kier molecular flexibility index (Phi) is 5.75. The Morgan fingerprint density at radius 3 is 2.58 bits per heavy atom. The van der Waals surface area contributed by atoms with E-state index < -0.39 is 5.60 Å². The number of methoxy groups -OCH3 is 1. The molecule has 1 spiro atoms. The lowest BCUT2D eigenvalue weighted by Crippen LogP contribution is -2.47. The SMILES string of the molecule is COc1cc(CC2CC3(COC3)CC3CC2=NOC3(C)c2ccc(F)cc2)ccc1C1C=NC(C)=C1. The van der Waals surface area contributed by atoms with Crippen molar-refractivity contribution in [2.24, 2.45) is 27.4 Å². The summed E-state index contributed by atoms with van der Waals surface area (Å²) >= 11 is 0. The minimum Gasteiger partial charge on any atom is -0.496 e. The number of halogens is 1. The molecule has 4 unspecified atom stereocenters. The van der Waals surface area contributed by atoms with Gasteiger partial charge in [-0.05, 0) is 68.9 Å². The Labute approximate surface area is 212 Å². The van der Waals surface area contributed by atoms with Crippen molar-refractivity contribution < 1.29 is 18.7 Å². The smallest absolute Gasteiger partial charge is 0.163 e. The largest absolute Gasteiger partial charge is 0.496 e. The summed E-state index contributed by atoms with van der Waals surface area (Å²) in [4.78, 5) is 10.7. The van der Waals surface area contributed by atoms with E-state index in [1.165, 1.54) is 17.7 Å². The molecular weight excluding hydrogens is 455 g/mol. The molecule has 4 atom stereocenters. The van der Waals surface area contributed by atoms with Crippen molar-refractivity contribution in [3.8, 4) is 5.75 Å². The van der Waals surface area contributed by atoms with Gasteiger partial charge in [-0.25, -0.2) is 4.39 Å². The summed E-state index contributed by atoms with van der Waals surface area (Å²) in [7, 11) is 1.73. The maximum absolute atomic E-state index is 13.6. The van der Waals surface area contributed by atoms with Gasteiger partial charge in [-0.3, -0.25) is 4.99 Å². The third kappa shape index (κ3) is 4.05. The first-order valence-electron chi connectivity index (χ1n) is 12.9. The van der Waals surface area contributed by atoms with Crippen LogP contribution in [0.1, 0.15) is 55.7 Å². The first kappa shape index (κ1) is 23.4. The number of ether oxygens (including phenoxy) is 2. The van der Waals surface area contributed by atoms with Crippen LogP contribution in [0.2, 0.25) is 0 Å². The Hall–Kier alpha value is -2.99. The van der Waals surface area contributed by atoms with E-state index >= 15 is 0 Å². The van der Waals surface area contributed by atoms with Gasteiger partial charge in [0.05, 0.1) is 26.0 Å². The summed E-state index contributed by atoms with van der Waals surface area (Å²) in [5.41, 5.74) is 5.08. The standard InChI is InChI=1S/C30H33FN2O3/c1-19-10-22(16-32-19)26-9-4-20(12-28(26)34-3)11-21-14-30(17-35-18-30)15-24-13-27(21)33-36-29(24,2)23-5-7-25(31)8-6-23/h4-10,12,16,21-22,24H,11,13-15,17-18H2,1-3H3. The zero-order chi connectivity index (χ0) is 24.9. The maximum atomic E-state index is 13.6. The summed E-state index contributed by atoms with van der Waals surface area (Å²) < 4.78 is 25.2. The second kappa shape index (κ2) is 8.84. The van der Waals surface area contributed by atoms with Crippen molar-refractivity contribution >= 4 is 11.9 Å². The van der Waals surface area contributed by atoms with Crippen molar-refractivity contribution in [1.29, 1.82) is 0 Å². The minimum atomic E-state index is -0.575. The quantitative estimate of drug-likeness (QED) is 0.505. The summed E-state index contributed by atoms with van der Waals surface area (Å²) in [6.45, 7) is 5.68. The summed E-state index contributed by atoms with van der Waals surface area (Å²) in [5, 5.41) is 4.72. The first-order valence-corrected chi connectivity index (χ1v) is 12.9. The molecule has 2 aromatic carbocycles. The molecule has 5 nitrogen and oxygen atoms in total. The molecule has 2 aromatic rings. The van der Waals surface area contributed by atoms with E-state index in [-0.39, 0.29) is 29.0 Å². The Balaban J connectivity index is 1.29. The van der Waals surface area contributed by atoms with E-state index in [0.29, 0.717) is 0 Å². The molecule has 3 heterocycles. The summed E-state index contributed by atoms with van der Waals surface area (Å²) in [6.07, 6.45) is 7.96. The Bertz CT molecular complexity index is 1250. The lowest BCUT2D eigenvalue weighted by atomic mass is 9.69. The number of hydrogen-bond donors (Lipinski definition) is 0. The highest BCUT2D eigenvalue weighted by atomic mass is 19.1. The molecule has 1 saturated carbocycles. The summed E-state index contributed by atoms with van der Waals surface area (Å²) in [5.74, 6) is 1.36. The van der Waals surface area contributed by atoms with Gasteiger partial charge in [-0.1, -0.05) is 35.5 Å². The molecule has 0 N–H and O–H groups in total. The Morgan fingerprint density at radius 2 is 1.92 bits per heavy atom. The van der Waals surface area contributed by atoms with E-state index in [4.69, 9.17) is 19.5 Å². The van der Waals surface area contributed by atoms with E-state index in [2.05, 4.69) is 36.2 Å². The molecule has 0 amide bonds. The number of oxime groups is 1. The fraction of sp³-hybridized carbons (Fsp3) is 0.467. The highest BCUT2D eigenvalue weighted by molar-refractivity contribution is 5.88. The van der Waals surface area contributed by atoms with Crippen LogP contribution >= 0.6 is 0 Å². The summed E-state index contributed by atoms with van der Waals surface area (Å²) in [6, 6.07) is 13.2. The number of rotatable bonds is 5. The third-order valence-corrected chi connectivity index (χ3v) is 8.65. The molecule has 1 aliphatic carbocycles. The van der Waals surface area contributed by atoms with Crippen LogP contribution in [0.5, 0.6) is 5.75 Å². The predicted molar refractivity (Wildman–Crippen MR) is 138 cm³/mol. The second-order valence-electron chi connectivity index (χ2n) is 11.2. The molecule has 36 heavy (non-hydrogen) atoms. The van der Waals surface area contributed by atoms with Crippen LogP contribution in [-0.4, -0.2) is 32.2 Å². The van der Waals surface area contributed by atoms with Crippen LogP contribution in [0, 0.1) is 23.1 Å². The number of hydrogen-bond acceptors (Lipinski definition) is 5. The molecule has 6 heteroatoms. The van der Waals surface area contributed by atoms with Gasteiger partial charge < -0.3 is 14.3 Å². The van der Waals surface area contributed by atoms with Gasteiger partial charge in [0, 0.05) is 40.6 Å². The average Bonchev–Trinajstić information content (AvgIpc) is 3.23. The van der Waals surface area contributed by atoms with Crippen LogP contribution in [0.3, 0.4) is 0 Å². The zero-order valence-electron chi connectivity index (χ0n) is 21.2. The van der Waals surface area contributed by atoms with Crippen molar-refractivity contribution in [1.82, 2.24) is 0 Å². The van der Waals surface area contributed by atoms with Crippen LogP contribution in [0.15, 0.2) is 64.4 Å². The van der Waals surface area contributed by atoms with E-state index in [1.807, 2.05) is 25.3 Å². The van der Waals surface area contributed by atoms with Crippen molar-refractivity contribution in [3.63, 3.8) is 0 Å². The zero-order valence-corrected chi connectivity index (χ0v) is 21.2. The van der Waals surface area contributed by atoms with Crippen molar-refractivity contribution in [2.45, 2.75) is 51.0 Å². The first-order chi connectivity index (χ1) is 17.4. The van der Waals surface area contributed by atoms with Gasteiger partial charge in [0.15, 0.2) is 5.60 Å². The average molecular weight is 489 g/mol. The van der Waals surface area contributed by atoms with Crippen LogP contribution in [0.25, 0.3) is 0 Å². The maximum Gasteiger partial charge on any atom is 0.163 e. The van der Waals surface area contributed by atoms with Gasteiger partial charge >= 0.3 is 0 Å². The molecule has 2 bridgehead atoms. The van der Waals surface area contributed by atoms with Crippen LogP contribution in [0.4, 0.5) is 4.39 Å². The molecule has 1 saturated heterocycles. The highest BCUT2D eigenvalue weighted by Crippen LogP contribution is 2.53. The highest BCUT2D eigenvalue weighted by Gasteiger charge is 2.53. The molecule has 3 aliphatic heterocycles. The number of aliphatic imine (C=N–C) groups is 1. The molecule has 4 aliphatic rings. The normalized spacial score (nSPS) is 30.2. The van der Waals surface area contributed by atoms with E-state index in [0.717, 1.165) is 67.2 Å². The third-order valence-electron chi connectivity index (χ3n) is 8.65. The van der Waals surface area contributed by atoms with Gasteiger partial charge in [0.25, 0.3) is 0 Å². The predicted octanol–water partition coefficient (Wildman–Crippen LogP) is 6.18. The second-order valence-corrected chi connectivity index (χ2v) is 11.2. The van der Waals surface area contributed by atoms with Gasteiger partial charge in [0.1, 0.15) is 11.6 Å². The number of nitrogens with zero attached hydrogens (tertiary/aromatic N) is 2. The lowest BCUT2D eigenvalue weighted by molar-refractivity contribution is -0.155. The fourth-order valence-corrected chi connectivity index (χ4v) is 6.51. The van der Waals surface area contributed by atoms with Crippen molar-refractivity contribution in [3.05, 3.63) is 76.7 Å². The molecular formula is C30H33FN2O3. The van der Waals surface area contributed by atoms with E-state index in [1.54, 1.807) is 7.11 Å². The van der Waals surface area contributed by atoms with Gasteiger partial charge in [-0.2, -0.15) is 0 Å². The fourth-order valence-electron chi connectivity index (χ4n) is 6.51. The van der Waals surface area contributed by atoms with Crippen molar-refractivity contribution in [2.75, 3.05) is 20.3 Å². The molecule has 6 rings (SSSR count). The van der Waals surface area contributed by atoms with Gasteiger partial charge in [-0.15, -0.1) is 0 Å². The number of fused-ring (bicyclic) bond motifs is 2. The molecule has 0 radical (unpaired) electrons. The van der Waals surface area contributed by atoms with E-state index in [9.17, 15) is 4.39 Å². The molecule has 0 aromatic heterocycles. The Morgan fingerprint density at radius 1 is 1.11 bits per heavy atom. The molecule has 188 valence electrons. The number of benzene rings is 2. The molecule has 2 fully saturated rings. The minimum absolute atomic E-state index is 0.133. The van der Waals surface area contributed by atoms with Crippen LogP contribution < -0.4 is 4.74 Å². The number of allylic oxidation sites excluding steroid dienone is 2. The lowest BCUT2D eigenvalue weighted by Gasteiger charge is -2.46. The monoisotopic (exact) mass is 488 g/mol. The van der Waals surface area contributed by atoms with Gasteiger partial charge in [0.2, 0.25) is 0 Å². The van der Waals surface area contributed by atoms with Crippen LogP contribution in [-0.2, 0) is 21.6 Å². The topological polar surface area (TPSA) is 52.4 Å².